The molecule has 0 unspecified atom stereocenters. The summed E-state index contributed by atoms with van der Waals surface area (Å²) in [5.41, 5.74) is 20.4. The number of hydrogen-bond acceptors (Lipinski definition) is 0. The van der Waals surface area contributed by atoms with Crippen LogP contribution in [0.25, 0.3) is 127 Å². The van der Waals surface area contributed by atoms with Gasteiger partial charge in [0.25, 0.3) is 0 Å². The van der Waals surface area contributed by atoms with Gasteiger partial charge >= 0.3 is 6.18 Å². The molecule has 2 heterocycles. The van der Waals surface area contributed by atoms with E-state index in [1.54, 1.807) is 13.0 Å². The number of aromatic nitrogens is 2. The molecule has 6 heteroatoms. The zero-order valence-electron chi connectivity index (χ0n) is 44.3. The van der Waals surface area contributed by atoms with E-state index in [0.717, 1.165) is 111 Å². The number of halogens is 3. The second-order valence-electron chi connectivity index (χ2n) is 21.1. The maximum Gasteiger partial charge on any atom is 0.417 e. The lowest BCUT2D eigenvalue weighted by molar-refractivity contribution is -0.137. The number of nitrogens with zero attached hydrogens (tertiary/aromatic N) is 3. The van der Waals surface area contributed by atoms with E-state index in [-0.39, 0.29) is 5.56 Å². The Bertz CT molecular complexity index is 4470. The van der Waals surface area contributed by atoms with Crippen LogP contribution in [0.3, 0.4) is 0 Å². The van der Waals surface area contributed by atoms with Crippen LogP contribution in [-0.4, -0.2) is 9.13 Å². The lowest BCUT2D eigenvalue weighted by Gasteiger charge is -2.22. The molecule has 0 saturated heterocycles. The third-order valence-electron chi connectivity index (χ3n) is 15.7. The minimum Gasteiger partial charge on any atom is -0.309 e. The van der Waals surface area contributed by atoms with Crippen LogP contribution >= 0.6 is 0 Å². The van der Waals surface area contributed by atoms with Gasteiger partial charge in [-0.3, -0.25) is 0 Å². The van der Waals surface area contributed by atoms with Crippen LogP contribution in [0, 0.1) is 41.2 Å². The number of fused-ring (bicyclic) bond motifs is 6. The van der Waals surface area contributed by atoms with Gasteiger partial charge in [-0.15, -0.1) is 0 Å². The summed E-state index contributed by atoms with van der Waals surface area (Å²) >= 11 is 0. The fourth-order valence-corrected chi connectivity index (χ4v) is 12.0. The lowest BCUT2D eigenvalue weighted by atomic mass is 9.87. The molecule has 0 bridgehead atoms. The van der Waals surface area contributed by atoms with Crippen molar-refractivity contribution in [2.45, 2.75) is 40.8 Å². The van der Waals surface area contributed by atoms with Gasteiger partial charge in [0.1, 0.15) is 0 Å². The Morgan fingerprint density at radius 2 is 0.759 bits per heavy atom. The molecular weight excluding hydrogens is 976 g/mol. The summed E-state index contributed by atoms with van der Waals surface area (Å²) in [6.07, 6.45) is -4.66. The summed E-state index contributed by atoms with van der Waals surface area (Å²) < 4.78 is 51.1. The van der Waals surface area contributed by atoms with Crippen LogP contribution in [-0.2, 0) is 6.18 Å². The quantitative estimate of drug-likeness (QED) is 0.135. The minimum atomic E-state index is -4.66. The van der Waals surface area contributed by atoms with Crippen molar-refractivity contribution >= 4 is 49.3 Å². The zero-order valence-corrected chi connectivity index (χ0v) is 44.3. The topological polar surface area (TPSA) is 14.2 Å². The Labute approximate surface area is 457 Å². The van der Waals surface area contributed by atoms with Gasteiger partial charge in [-0.25, -0.2) is 4.85 Å². The minimum absolute atomic E-state index is 0.0938. The van der Waals surface area contributed by atoms with Crippen molar-refractivity contribution in [3.63, 3.8) is 0 Å². The maximum absolute atomic E-state index is 15.5. The number of alkyl halides is 3. The molecule has 0 radical (unpaired) electrons. The Hall–Kier alpha value is -9.70. The number of aryl methyl sites for hydroxylation is 5. The summed E-state index contributed by atoms with van der Waals surface area (Å²) in [6, 6.07) is 76.1. The smallest absolute Gasteiger partial charge is 0.309 e. The average Bonchev–Trinajstić information content (AvgIpc) is 4.10. The van der Waals surface area contributed by atoms with Gasteiger partial charge in [-0.2, -0.15) is 13.2 Å². The summed E-state index contributed by atoms with van der Waals surface area (Å²) in [4.78, 5) is 3.97. The van der Waals surface area contributed by atoms with Crippen LogP contribution in [0.5, 0.6) is 0 Å². The SMILES string of the molecule is [C-]#[N+]c1ccc(-n2c3ccc(-c4cccc(C)c4)cc3c3cc(-c4cccc(C)c4)ccc32)c(-c2cc(-n3c4ccc(-c5cccc(C)c5)cc4c4cc(-c5cccc(C)c5)ccc43)ccc2-c2c(C)cccc2C(F)(F)F)c1. The van der Waals surface area contributed by atoms with E-state index in [0.29, 0.717) is 27.9 Å². The first kappa shape index (κ1) is 48.9. The van der Waals surface area contributed by atoms with Crippen molar-refractivity contribution < 1.29 is 13.2 Å². The number of rotatable bonds is 8. The van der Waals surface area contributed by atoms with Crippen molar-refractivity contribution in [2.75, 3.05) is 0 Å². The van der Waals surface area contributed by atoms with Gasteiger partial charge in [0.05, 0.1) is 39.9 Å². The second-order valence-corrected chi connectivity index (χ2v) is 21.1. The molecule has 11 aromatic carbocycles. The predicted molar refractivity (Wildman–Crippen MR) is 323 cm³/mol. The van der Waals surface area contributed by atoms with Gasteiger partial charge in [0, 0.05) is 27.2 Å². The molecule has 0 aliphatic rings. The van der Waals surface area contributed by atoms with E-state index in [1.165, 1.54) is 23.3 Å². The molecule has 0 saturated carbocycles. The van der Waals surface area contributed by atoms with Crippen molar-refractivity contribution in [2.24, 2.45) is 0 Å². The van der Waals surface area contributed by atoms with Crippen LogP contribution in [0.2, 0.25) is 0 Å². The molecule has 0 N–H and O–H groups in total. The highest BCUT2D eigenvalue weighted by Crippen LogP contribution is 2.48. The lowest BCUT2D eigenvalue weighted by Crippen LogP contribution is -2.09. The first-order valence-corrected chi connectivity index (χ1v) is 26.6. The molecule has 0 aliphatic heterocycles. The van der Waals surface area contributed by atoms with Gasteiger partial charge in [-0.1, -0.05) is 168 Å². The fourth-order valence-electron chi connectivity index (χ4n) is 12.0. The molecule has 13 rings (SSSR count). The first-order chi connectivity index (χ1) is 38.3. The Kier molecular flexibility index (Phi) is 11.8. The van der Waals surface area contributed by atoms with E-state index in [4.69, 9.17) is 6.57 Å². The highest BCUT2D eigenvalue weighted by atomic mass is 19.4. The van der Waals surface area contributed by atoms with E-state index in [2.05, 4.69) is 212 Å². The molecule has 0 atom stereocenters. The van der Waals surface area contributed by atoms with Crippen LogP contribution < -0.4 is 0 Å². The van der Waals surface area contributed by atoms with Gasteiger partial charge in [0.2, 0.25) is 0 Å². The van der Waals surface area contributed by atoms with E-state index < -0.39 is 11.7 Å². The van der Waals surface area contributed by atoms with Crippen molar-refractivity contribution in [1.82, 2.24) is 9.13 Å². The molecule has 2 aromatic heterocycles. The predicted octanol–water partition coefficient (Wildman–Crippen LogP) is 21.0. The fraction of sp³-hybridized carbons (Fsp3) is 0.0822. The molecule has 380 valence electrons. The summed E-state index contributed by atoms with van der Waals surface area (Å²) in [5, 5.41) is 4.14. The average molecular weight is 1030 g/mol. The van der Waals surface area contributed by atoms with Crippen LogP contribution in [0.15, 0.2) is 224 Å². The van der Waals surface area contributed by atoms with Crippen molar-refractivity contribution in [3.8, 4) is 78.1 Å². The standard InChI is InChI=1S/C73H52F3N3/c1-44-12-7-17-49(34-44)53-22-29-67-61(38-53)62-39-54(50-18-8-13-45(2)35-50)23-30-68(62)78(67)58-27-28-59(72-48(5)16-11-21-66(72)73(74,75)76)60(43-58)65-42-57(77-6)26-33-71(65)79-69-31-24-55(51-19-9-14-46(3)36-51)40-63(69)64-41-56(25-32-70(64)79)52-20-10-15-47(4)37-52/h7-43H,1-5H3. The van der Waals surface area contributed by atoms with Crippen LogP contribution in [0.1, 0.15) is 33.4 Å². The van der Waals surface area contributed by atoms with Crippen molar-refractivity contribution in [1.29, 1.82) is 0 Å². The number of benzene rings is 11. The highest BCUT2D eigenvalue weighted by Gasteiger charge is 2.35. The molecular formula is C73H52F3N3. The highest BCUT2D eigenvalue weighted by molar-refractivity contribution is 6.14. The second kappa shape index (κ2) is 19.1. The van der Waals surface area contributed by atoms with Gasteiger partial charge < -0.3 is 9.13 Å². The number of hydrogen-bond donors (Lipinski definition) is 0. The third-order valence-corrected chi connectivity index (χ3v) is 15.7. The summed E-state index contributed by atoms with van der Waals surface area (Å²) in [6.45, 7) is 18.5. The van der Waals surface area contributed by atoms with E-state index in [9.17, 15) is 0 Å². The zero-order chi connectivity index (χ0) is 54.3. The van der Waals surface area contributed by atoms with E-state index in [1.807, 2.05) is 36.4 Å². The van der Waals surface area contributed by atoms with Crippen molar-refractivity contribution in [3.05, 3.63) is 269 Å². The first-order valence-electron chi connectivity index (χ1n) is 26.6. The third kappa shape index (κ3) is 8.65. The largest absolute Gasteiger partial charge is 0.417 e. The van der Waals surface area contributed by atoms with Crippen LogP contribution in [0.4, 0.5) is 18.9 Å². The van der Waals surface area contributed by atoms with Gasteiger partial charge in [-0.05, 0) is 186 Å². The maximum atomic E-state index is 15.5. The van der Waals surface area contributed by atoms with Gasteiger partial charge in [0.15, 0.2) is 5.69 Å². The summed E-state index contributed by atoms with van der Waals surface area (Å²) in [7, 11) is 0. The molecule has 79 heavy (non-hydrogen) atoms. The molecule has 0 aliphatic carbocycles. The molecule has 13 aromatic rings. The Morgan fingerprint density at radius 3 is 1.16 bits per heavy atom. The molecule has 3 nitrogen and oxygen atoms in total. The monoisotopic (exact) mass is 1030 g/mol. The molecule has 0 fully saturated rings. The normalized spacial score (nSPS) is 11.8. The molecule has 0 spiro atoms. The Morgan fingerprint density at radius 1 is 0.354 bits per heavy atom. The summed E-state index contributed by atoms with van der Waals surface area (Å²) in [5.74, 6) is 0. The molecule has 0 amide bonds. The van der Waals surface area contributed by atoms with E-state index >= 15 is 13.2 Å². The Balaban J connectivity index is 1.11.